The largest absolute Gasteiger partial charge is 0.486 e. The second kappa shape index (κ2) is 8.33. The first-order chi connectivity index (χ1) is 15.3. The van der Waals surface area contributed by atoms with Gasteiger partial charge in [-0.25, -0.2) is 14.2 Å². The third kappa shape index (κ3) is 4.27. The molecule has 4 aromatic rings. The molecule has 0 aliphatic rings. The van der Waals surface area contributed by atoms with Gasteiger partial charge in [-0.3, -0.25) is 0 Å². The average molecular weight is 445 g/mol. The van der Waals surface area contributed by atoms with Crippen molar-refractivity contribution < 1.29 is 36.2 Å². The summed E-state index contributed by atoms with van der Waals surface area (Å²) in [6, 6.07) is 14.6. The van der Waals surface area contributed by atoms with Crippen molar-refractivity contribution in [1.29, 1.82) is 0 Å². The van der Waals surface area contributed by atoms with Gasteiger partial charge in [0.05, 0.1) is 18.2 Å². The monoisotopic (exact) mass is 445 g/mol. The highest BCUT2D eigenvalue weighted by Gasteiger charge is 2.36. The molecule has 164 valence electrons. The Balaban J connectivity index is 1.76. The Bertz CT molecular complexity index is 1280. The summed E-state index contributed by atoms with van der Waals surface area (Å²) in [5, 5.41) is 0. The molecule has 32 heavy (non-hydrogen) atoms. The van der Waals surface area contributed by atoms with Crippen LogP contribution in [0.2, 0.25) is 0 Å². The number of alkyl halides is 3. The highest BCUT2D eigenvalue weighted by atomic mass is 19.4. The first-order valence-corrected chi connectivity index (χ1v) is 9.33. The van der Waals surface area contributed by atoms with E-state index in [1.165, 1.54) is 25.3 Å². The lowest BCUT2D eigenvalue weighted by Gasteiger charge is -2.14. The van der Waals surface area contributed by atoms with Crippen LogP contribution in [0.1, 0.15) is 21.5 Å². The maximum atomic E-state index is 14.6. The van der Waals surface area contributed by atoms with Crippen molar-refractivity contribution in [3.8, 4) is 17.2 Å². The summed E-state index contributed by atoms with van der Waals surface area (Å²) in [5.41, 5.74) is -0.317. The van der Waals surface area contributed by atoms with E-state index in [1.54, 1.807) is 30.3 Å². The Kier molecular flexibility index (Phi) is 5.56. The van der Waals surface area contributed by atoms with Crippen molar-refractivity contribution in [2.24, 2.45) is 0 Å². The fraction of sp³-hybridized carbons (Fsp3) is 0.130. The molecule has 0 fully saturated rings. The van der Waals surface area contributed by atoms with Crippen molar-refractivity contribution >= 4 is 17.1 Å². The van der Waals surface area contributed by atoms with E-state index in [2.05, 4.69) is 9.72 Å². The van der Waals surface area contributed by atoms with Crippen LogP contribution in [0, 0.1) is 5.82 Å². The van der Waals surface area contributed by atoms with Crippen molar-refractivity contribution in [3.05, 3.63) is 83.2 Å². The lowest BCUT2D eigenvalue weighted by atomic mass is 10.1. The van der Waals surface area contributed by atoms with E-state index in [-0.39, 0.29) is 34.7 Å². The molecule has 1 heterocycles. The van der Waals surface area contributed by atoms with E-state index in [4.69, 9.17) is 9.15 Å². The normalized spacial score (nSPS) is 11.5. The van der Waals surface area contributed by atoms with Gasteiger partial charge < -0.3 is 13.9 Å². The van der Waals surface area contributed by atoms with Crippen molar-refractivity contribution in [2.75, 3.05) is 7.11 Å². The van der Waals surface area contributed by atoms with Gasteiger partial charge in [0.15, 0.2) is 17.1 Å². The van der Waals surface area contributed by atoms with Gasteiger partial charge in [-0.05, 0) is 35.9 Å². The number of nitrogens with zero attached hydrogens (tertiary/aromatic N) is 1. The zero-order valence-corrected chi connectivity index (χ0v) is 16.6. The number of ether oxygens (including phenoxy) is 2. The number of carbonyl (C=O) groups excluding carboxylic acids is 1. The highest BCUT2D eigenvalue weighted by molar-refractivity contribution is 5.93. The van der Waals surface area contributed by atoms with E-state index in [0.717, 1.165) is 6.07 Å². The molecule has 0 aliphatic heterocycles. The first kappa shape index (κ1) is 21.4. The highest BCUT2D eigenvalue weighted by Crippen LogP contribution is 2.39. The van der Waals surface area contributed by atoms with Gasteiger partial charge >= 0.3 is 12.1 Å². The Hall–Kier alpha value is -3.88. The van der Waals surface area contributed by atoms with Gasteiger partial charge in [0.1, 0.15) is 12.1 Å². The summed E-state index contributed by atoms with van der Waals surface area (Å²) in [6.07, 6.45) is -4.96. The predicted molar refractivity (Wildman–Crippen MR) is 107 cm³/mol. The van der Waals surface area contributed by atoms with E-state index < -0.39 is 29.3 Å². The Morgan fingerprint density at radius 2 is 1.81 bits per heavy atom. The second-order valence-electron chi connectivity index (χ2n) is 6.80. The number of halogens is 4. The minimum Gasteiger partial charge on any atom is -0.486 e. The quantitative estimate of drug-likeness (QED) is 0.278. The lowest BCUT2D eigenvalue weighted by Crippen LogP contribution is -2.10. The van der Waals surface area contributed by atoms with Crippen molar-refractivity contribution in [3.63, 3.8) is 0 Å². The summed E-state index contributed by atoms with van der Waals surface area (Å²) in [7, 11) is 1.22. The number of esters is 1. The predicted octanol–water partition coefficient (Wildman–Crippen LogP) is 6.02. The van der Waals surface area contributed by atoms with Crippen LogP contribution in [0.4, 0.5) is 17.6 Å². The third-order valence-corrected chi connectivity index (χ3v) is 4.64. The van der Waals surface area contributed by atoms with Crippen LogP contribution in [0.25, 0.3) is 22.6 Å². The van der Waals surface area contributed by atoms with Gasteiger partial charge in [-0.15, -0.1) is 0 Å². The molecule has 0 aliphatic carbocycles. The Morgan fingerprint density at radius 3 is 2.50 bits per heavy atom. The molecule has 0 atom stereocenters. The maximum absolute atomic E-state index is 14.6. The molecule has 3 aromatic carbocycles. The standard InChI is InChI=1S/C23H15F4NO4/c1-30-22(29)14-7-8-18-17(10-14)28-21(32-18)15-9-16(23(25,26)27)20(24)19(11-15)31-12-13-5-3-2-4-6-13/h2-11H,12H2,1H3. The van der Waals surface area contributed by atoms with Crippen LogP contribution in [-0.2, 0) is 17.5 Å². The zero-order chi connectivity index (χ0) is 22.9. The summed E-state index contributed by atoms with van der Waals surface area (Å²) < 4.78 is 70.6. The number of rotatable bonds is 5. The van der Waals surface area contributed by atoms with Crippen LogP contribution in [0.3, 0.4) is 0 Å². The molecule has 5 nitrogen and oxygen atoms in total. The fourth-order valence-electron chi connectivity index (χ4n) is 3.06. The maximum Gasteiger partial charge on any atom is 0.419 e. The molecular weight excluding hydrogens is 430 g/mol. The third-order valence-electron chi connectivity index (χ3n) is 4.64. The van der Waals surface area contributed by atoms with E-state index in [9.17, 15) is 22.4 Å². The molecule has 9 heteroatoms. The molecule has 0 spiro atoms. The molecule has 0 amide bonds. The zero-order valence-electron chi connectivity index (χ0n) is 16.6. The minimum atomic E-state index is -4.96. The van der Waals surface area contributed by atoms with Crippen LogP contribution >= 0.6 is 0 Å². The number of oxazole rings is 1. The molecule has 1 aromatic heterocycles. The molecular formula is C23H15F4NO4. The number of hydrogen-bond donors (Lipinski definition) is 0. The topological polar surface area (TPSA) is 61.6 Å². The summed E-state index contributed by atoms with van der Waals surface area (Å²) in [5.74, 6) is -2.90. The number of hydrogen-bond acceptors (Lipinski definition) is 5. The molecule has 0 N–H and O–H groups in total. The van der Waals surface area contributed by atoms with Gasteiger partial charge in [0.25, 0.3) is 0 Å². The SMILES string of the molecule is COC(=O)c1ccc2oc(-c3cc(OCc4ccccc4)c(F)c(C(F)(F)F)c3)nc2c1. The smallest absolute Gasteiger partial charge is 0.419 e. The van der Waals surface area contributed by atoms with Crippen molar-refractivity contribution in [2.45, 2.75) is 12.8 Å². The Labute approximate surface area is 179 Å². The number of fused-ring (bicyclic) bond motifs is 1. The summed E-state index contributed by atoms with van der Waals surface area (Å²) in [6.45, 7) is -0.130. The molecule has 4 rings (SSSR count). The van der Waals surface area contributed by atoms with Crippen LogP contribution in [-0.4, -0.2) is 18.1 Å². The van der Waals surface area contributed by atoms with E-state index in [0.29, 0.717) is 11.6 Å². The van der Waals surface area contributed by atoms with Gasteiger partial charge in [0.2, 0.25) is 5.89 Å². The van der Waals surface area contributed by atoms with Gasteiger partial charge in [-0.2, -0.15) is 13.2 Å². The minimum absolute atomic E-state index is 0.127. The number of benzene rings is 3. The lowest BCUT2D eigenvalue weighted by molar-refractivity contribution is -0.140. The molecule has 0 radical (unpaired) electrons. The number of carbonyl (C=O) groups is 1. The van der Waals surface area contributed by atoms with Crippen LogP contribution in [0.15, 0.2) is 65.1 Å². The van der Waals surface area contributed by atoms with Crippen LogP contribution in [0.5, 0.6) is 5.75 Å². The van der Waals surface area contributed by atoms with E-state index in [1.807, 2.05) is 0 Å². The Morgan fingerprint density at radius 1 is 1.06 bits per heavy atom. The molecule has 0 saturated carbocycles. The second-order valence-corrected chi connectivity index (χ2v) is 6.80. The fourth-order valence-corrected chi connectivity index (χ4v) is 3.06. The van der Waals surface area contributed by atoms with E-state index >= 15 is 0 Å². The van der Waals surface area contributed by atoms with Gasteiger partial charge in [-0.1, -0.05) is 30.3 Å². The summed E-state index contributed by atoms with van der Waals surface area (Å²) >= 11 is 0. The molecule has 0 unspecified atom stereocenters. The van der Waals surface area contributed by atoms with Crippen LogP contribution < -0.4 is 4.74 Å². The molecule has 0 bridgehead atoms. The summed E-state index contributed by atoms with van der Waals surface area (Å²) in [4.78, 5) is 15.8. The van der Waals surface area contributed by atoms with Crippen molar-refractivity contribution in [1.82, 2.24) is 4.98 Å². The number of aromatic nitrogens is 1. The number of methoxy groups -OCH3 is 1. The molecule has 0 saturated heterocycles. The first-order valence-electron chi connectivity index (χ1n) is 9.33. The average Bonchev–Trinajstić information content (AvgIpc) is 3.21. The van der Waals surface area contributed by atoms with Gasteiger partial charge in [0, 0.05) is 5.56 Å².